The Morgan fingerprint density at radius 3 is 2.35 bits per heavy atom. The first-order chi connectivity index (χ1) is 11.2. The van der Waals surface area contributed by atoms with Crippen molar-refractivity contribution in [3.8, 4) is 0 Å². The third-order valence-electron chi connectivity index (χ3n) is 4.21. The summed E-state index contributed by atoms with van der Waals surface area (Å²) in [7, 11) is 1.68. The molecule has 3 heteroatoms. The molecular formula is C20H25NO2. The van der Waals surface area contributed by atoms with E-state index in [1.54, 1.807) is 7.11 Å². The number of amides is 1. The lowest BCUT2D eigenvalue weighted by Crippen LogP contribution is -2.33. The number of hydrogen-bond donors (Lipinski definition) is 1. The van der Waals surface area contributed by atoms with Gasteiger partial charge in [-0.15, -0.1) is 0 Å². The van der Waals surface area contributed by atoms with E-state index in [4.69, 9.17) is 4.74 Å². The number of carbonyl (C=O) groups is 1. The van der Waals surface area contributed by atoms with Gasteiger partial charge >= 0.3 is 0 Å². The molecule has 2 aromatic carbocycles. The van der Waals surface area contributed by atoms with Gasteiger partial charge in [0, 0.05) is 13.7 Å². The summed E-state index contributed by atoms with van der Waals surface area (Å²) in [5.41, 5.74) is 3.34. The number of ether oxygens (including phenoxy) is 1. The van der Waals surface area contributed by atoms with E-state index in [9.17, 15) is 4.79 Å². The Hall–Kier alpha value is -2.13. The van der Waals surface area contributed by atoms with Crippen LogP contribution in [0.1, 0.15) is 42.1 Å². The molecule has 0 aliphatic heterocycles. The molecule has 0 saturated heterocycles. The van der Waals surface area contributed by atoms with Crippen LogP contribution in [-0.4, -0.2) is 19.6 Å². The van der Waals surface area contributed by atoms with Crippen LogP contribution in [0.3, 0.4) is 0 Å². The molecular weight excluding hydrogens is 286 g/mol. The van der Waals surface area contributed by atoms with Gasteiger partial charge in [0.25, 0.3) is 0 Å². The van der Waals surface area contributed by atoms with Crippen LogP contribution in [0.5, 0.6) is 0 Å². The second-order valence-corrected chi connectivity index (χ2v) is 5.70. The zero-order valence-corrected chi connectivity index (χ0v) is 14.1. The van der Waals surface area contributed by atoms with Gasteiger partial charge in [0.05, 0.1) is 12.0 Å². The van der Waals surface area contributed by atoms with Gasteiger partial charge in [-0.2, -0.15) is 0 Å². The highest BCUT2D eigenvalue weighted by atomic mass is 16.5. The number of nitrogens with one attached hydrogen (secondary N) is 1. The molecule has 0 heterocycles. The smallest absolute Gasteiger partial charge is 0.227 e. The molecule has 0 bridgehead atoms. The Morgan fingerprint density at radius 1 is 1.09 bits per heavy atom. The van der Waals surface area contributed by atoms with Crippen molar-refractivity contribution in [2.45, 2.75) is 32.3 Å². The Morgan fingerprint density at radius 2 is 1.74 bits per heavy atom. The normalized spacial score (nSPS) is 13.3. The number of benzene rings is 2. The lowest BCUT2D eigenvalue weighted by Gasteiger charge is -2.21. The molecule has 0 fully saturated rings. The molecule has 0 aliphatic rings. The second-order valence-electron chi connectivity index (χ2n) is 5.70. The van der Waals surface area contributed by atoms with Crippen LogP contribution in [0.2, 0.25) is 0 Å². The van der Waals surface area contributed by atoms with Crippen molar-refractivity contribution in [2.75, 3.05) is 13.7 Å². The topological polar surface area (TPSA) is 38.3 Å². The average molecular weight is 311 g/mol. The fourth-order valence-electron chi connectivity index (χ4n) is 2.84. The third kappa shape index (κ3) is 4.42. The number of methoxy groups -OCH3 is 1. The van der Waals surface area contributed by atoms with Gasteiger partial charge in [0.1, 0.15) is 0 Å². The van der Waals surface area contributed by atoms with E-state index in [0.717, 1.165) is 17.5 Å². The van der Waals surface area contributed by atoms with E-state index in [-0.39, 0.29) is 17.9 Å². The van der Waals surface area contributed by atoms with Crippen LogP contribution in [0.25, 0.3) is 0 Å². The molecule has 1 amide bonds. The highest BCUT2D eigenvalue weighted by Gasteiger charge is 2.20. The van der Waals surface area contributed by atoms with Crippen molar-refractivity contribution in [1.82, 2.24) is 5.32 Å². The highest BCUT2D eigenvalue weighted by molar-refractivity contribution is 5.83. The summed E-state index contributed by atoms with van der Waals surface area (Å²) in [5, 5.41) is 3.04. The van der Waals surface area contributed by atoms with Crippen molar-refractivity contribution in [2.24, 2.45) is 0 Å². The molecule has 2 rings (SSSR count). The quantitative estimate of drug-likeness (QED) is 0.839. The maximum absolute atomic E-state index is 12.5. The standard InChI is InChI=1S/C20H25NO2/c1-4-17(16-11-6-5-7-12-16)20(22)21-14-19(23-3)18-13-9-8-10-15(18)2/h5-13,17,19H,4,14H2,1-3H3,(H,21,22)/t17-,19-/m1/s1. The summed E-state index contributed by atoms with van der Waals surface area (Å²) in [4.78, 5) is 12.5. The highest BCUT2D eigenvalue weighted by Crippen LogP contribution is 2.22. The molecule has 2 aromatic rings. The first kappa shape index (κ1) is 17.2. The summed E-state index contributed by atoms with van der Waals surface area (Å²) in [6, 6.07) is 18.0. The van der Waals surface area contributed by atoms with Crippen LogP contribution < -0.4 is 5.32 Å². The maximum atomic E-state index is 12.5. The van der Waals surface area contributed by atoms with Crippen molar-refractivity contribution in [3.05, 3.63) is 71.3 Å². The zero-order valence-electron chi connectivity index (χ0n) is 14.1. The minimum absolute atomic E-state index is 0.0503. The Balaban J connectivity index is 2.03. The monoisotopic (exact) mass is 311 g/mol. The molecule has 3 nitrogen and oxygen atoms in total. The molecule has 122 valence electrons. The lowest BCUT2D eigenvalue weighted by molar-refractivity contribution is -0.123. The molecule has 0 spiro atoms. The molecule has 1 N–H and O–H groups in total. The average Bonchev–Trinajstić information content (AvgIpc) is 2.58. The number of hydrogen-bond acceptors (Lipinski definition) is 2. The fourth-order valence-corrected chi connectivity index (χ4v) is 2.84. The van der Waals surface area contributed by atoms with Gasteiger partial charge in [-0.1, -0.05) is 61.5 Å². The largest absolute Gasteiger partial charge is 0.375 e. The van der Waals surface area contributed by atoms with E-state index in [1.807, 2.05) is 55.5 Å². The number of carbonyl (C=O) groups excluding carboxylic acids is 1. The van der Waals surface area contributed by atoms with Crippen molar-refractivity contribution < 1.29 is 9.53 Å². The Bertz CT molecular complexity index is 625. The summed E-state index contributed by atoms with van der Waals surface area (Å²) in [6.45, 7) is 4.57. The predicted molar refractivity (Wildman–Crippen MR) is 93.4 cm³/mol. The van der Waals surface area contributed by atoms with Crippen molar-refractivity contribution in [3.63, 3.8) is 0 Å². The van der Waals surface area contributed by atoms with E-state index in [0.29, 0.717) is 6.54 Å². The second kappa shape index (κ2) is 8.49. The Kier molecular flexibility index (Phi) is 6.36. The third-order valence-corrected chi connectivity index (χ3v) is 4.21. The van der Waals surface area contributed by atoms with Crippen LogP contribution >= 0.6 is 0 Å². The summed E-state index contributed by atoms with van der Waals surface area (Å²) < 4.78 is 5.57. The molecule has 23 heavy (non-hydrogen) atoms. The molecule has 0 unspecified atom stereocenters. The number of rotatable bonds is 7. The van der Waals surface area contributed by atoms with Gasteiger partial charge in [0.15, 0.2) is 0 Å². The zero-order chi connectivity index (χ0) is 16.7. The first-order valence-electron chi connectivity index (χ1n) is 8.08. The van der Waals surface area contributed by atoms with Crippen molar-refractivity contribution in [1.29, 1.82) is 0 Å². The van der Waals surface area contributed by atoms with Gasteiger partial charge in [-0.05, 0) is 30.0 Å². The van der Waals surface area contributed by atoms with Gasteiger partial charge in [-0.3, -0.25) is 4.79 Å². The summed E-state index contributed by atoms with van der Waals surface area (Å²) >= 11 is 0. The first-order valence-corrected chi connectivity index (χ1v) is 8.08. The lowest BCUT2D eigenvalue weighted by atomic mass is 9.95. The summed E-state index contributed by atoms with van der Waals surface area (Å²) in [5.74, 6) is -0.0695. The van der Waals surface area contributed by atoms with Crippen LogP contribution in [-0.2, 0) is 9.53 Å². The predicted octanol–water partition coefficient (Wildman–Crippen LogP) is 3.99. The SMILES string of the molecule is CC[C@@H](C(=O)NC[C@@H](OC)c1ccccc1C)c1ccccc1. The van der Waals surface area contributed by atoms with Crippen LogP contribution in [0.15, 0.2) is 54.6 Å². The molecule has 0 saturated carbocycles. The molecule has 2 atom stereocenters. The van der Waals surface area contributed by atoms with Crippen molar-refractivity contribution >= 4 is 5.91 Å². The molecule has 0 aliphatic carbocycles. The molecule has 0 radical (unpaired) electrons. The number of aryl methyl sites for hydroxylation is 1. The Labute approximate surface area is 138 Å². The minimum atomic E-state index is -0.131. The van der Waals surface area contributed by atoms with Gasteiger partial charge in [0.2, 0.25) is 5.91 Å². The minimum Gasteiger partial charge on any atom is -0.375 e. The van der Waals surface area contributed by atoms with E-state index < -0.39 is 0 Å². The van der Waals surface area contributed by atoms with Crippen LogP contribution in [0, 0.1) is 6.92 Å². The van der Waals surface area contributed by atoms with E-state index >= 15 is 0 Å². The molecule has 0 aromatic heterocycles. The van der Waals surface area contributed by atoms with E-state index in [2.05, 4.69) is 18.3 Å². The van der Waals surface area contributed by atoms with E-state index in [1.165, 1.54) is 5.56 Å². The van der Waals surface area contributed by atoms with Gasteiger partial charge in [-0.25, -0.2) is 0 Å². The summed E-state index contributed by atoms with van der Waals surface area (Å²) in [6.07, 6.45) is 0.645. The van der Waals surface area contributed by atoms with Crippen LogP contribution in [0.4, 0.5) is 0 Å². The van der Waals surface area contributed by atoms with Gasteiger partial charge < -0.3 is 10.1 Å². The maximum Gasteiger partial charge on any atom is 0.227 e. The fraction of sp³-hybridized carbons (Fsp3) is 0.350.